The SMILES string of the molecule is CC(C)(C)[CH2][Sn]([CH3])([Cl])[CH2]C(C)(C)C. The van der Waals surface area contributed by atoms with E-state index in [-0.39, 0.29) is 0 Å². The van der Waals surface area contributed by atoms with E-state index in [0.717, 1.165) is 0 Å². The molecule has 0 spiro atoms. The quantitative estimate of drug-likeness (QED) is 0.637. The summed E-state index contributed by atoms with van der Waals surface area (Å²) in [6.45, 7) is 13.8. The van der Waals surface area contributed by atoms with E-state index < -0.39 is 17.3 Å². The summed E-state index contributed by atoms with van der Waals surface area (Å²) in [7, 11) is 6.72. The summed E-state index contributed by atoms with van der Waals surface area (Å²) in [4.78, 5) is 2.37. The van der Waals surface area contributed by atoms with Gasteiger partial charge in [-0.25, -0.2) is 0 Å². The third-order valence-corrected chi connectivity index (χ3v) is 13.9. The third kappa shape index (κ3) is 9.39. The van der Waals surface area contributed by atoms with Crippen LogP contribution in [0, 0.1) is 10.8 Å². The van der Waals surface area contributed by atoms with Gasteiger partial charge >= 0.3 is 92.4 Å². The van der Waals surface area contributed by atoms with Crippen molar-refractivity contribution < 1.29 is 0 Å². The van der Waals surface area contributed by atoms with E-state index in [9.17, 15) is 0 Å². The Bertz CT molecular complexity index is 142. The first-order chi connectivity index (χ1) is 5.41. The van der Waals surface area contributed by atoms with Gasteiger partial charge in [-0.2, -0.15) is 0 Å². The summed E-state index contributed by atoms with van der Waals surface area (Å²) in [5.41, 5.74) is 0.829. The fraction of sp³-hybridized carbons (Fsp3) is 1.00. The number of rotatable bonds is 2. The molecular weight excluding hydrogens is 286 g/mol. The van der Waals surface area contributed by atoms with Gasteiger partial charge in [0.05, 0.1) is 0 Å². The van der Waals surface area contributed by atoms with Crippen molar-refractivity contribution in [3.05, 3.63) is 0 Å². The molecule has 0 heterocycles. The molecule has 0 radical (unpaired) electrons. The van der Waals surface area contributed by atoms with Crippen LogP contribution in [0.4, 0.5) is 0 Å². The standard InChI is InChI=1S/2C5H11.CH3.ClH.Sn/c2*1-5(2,3)4;;;/h2*1H2,2-4H3;1H3;1H;/q;;;;+1/p-1. The van der Waals surface area contributed by atoms with Crippen LogP contribution in [-0.4, -0.2) is 17.3 Å². The first-order valence-corrected chi connectivity index (χ1v) is 15.6. The molecule has 0 nitrogen and oxygen atoms in total. The van der Waals surface area contributed by atoms with Crippen molar-refractivity contribution in [2.75, 3.05) is 0 Å². The van der Waals surface area contributed by atoms with Gasteiger partial charge in [0.15, 0.2) is 0 Å². The first kappa shape index (κ1) is 14.1. The van der Waals surface area contributed by atoms with Crippen LogP contribution in [-0.2, 0) is 0 Å². The molecule has 2 heteroatoms. The molecule has 0 aliphatic carbocycles. The molecule has 0 rings (SSSR count). The summed E-state index contributed by atoms with van der Waals surface area (Å²) >= 11 is -2.24. The van der Waals surface area contributed by atoms with Gasteiger partial charge in [-0.15, -0.1) is 0 Å². The molecule has 0 aliphatic rings. The minimum atomic E-state index is -2.24. The monoisotopic (exact) mass is 312 g/mol. The van der Waals surface area contributed by atoms with Gasteiger partial charge in [-0.3, -0.25) is 0 Å². The maximum absolute atomic E-state index is 6.72. The fourth-order valence-corrected chi connectivity index (χ4v) is 20.6. The van der Waals surface area contributed by atoms with E-state index >= 15 is 0 Å². The van der Waals surface area contributed by atoms with E-state index in [1.54, 1.807) is 0 Å². The molecular formula is C11H25ClSn. The summed E-state index contributed by atoms with van der Waals surface area (Å²) in [6, 6.07) is 0. The number of hydrogen-bond acceptors (Lipinski definition) is 0. The van der Waals surface area contributed by atoms with Gasteiger partial charge < -0.3 is 0 Å². The average molecular weight is 311 g/mol. The van der Waals surface area contributed by atoms with Gasteiger partial charge in [0.1, 0.15) is 0 Å². The zero-order valence-corrected chi connectivity index (χ0v) is 13.9. The second kappa shape index (κ2) is 4.30. The zero-order valence-electron chi connectivity index (χ0n) is 10.3. The predicted octanol–water partition coefficient (Wildman–Crippen LogP) is 4.89. The molecule has 0 bridgehead atoms. The molecule has 0 aliphatic heterocycles. The molecule has 0 aromatic heterocycles. The Morgan fingerprint density at radius 1 is 0.846 bits per heavy atom. The maximum atomic E-state index is 6.72. The molecule has 80 valence electrons. The molecule has 0 unspecified atom stereocenters. The Labute approximate surface area is 92.0 Å². The Balaban J connectivity index is 4.25. The van der Waals surface area contributed by atoms with Crippen LogP contribution >= 0.6 is 8.92 Å². The van der Waals surface area contributed by atoms with Crippen molar-refractivity contribution >= 4 is 26.2 Å². The Morgan fingerprint density at radius 2 is 1.08 bits per heavy atom. The first-order valence-electron chi connectivity index (χ1n) is 5.10. The van der Waals surface area contributed by atoms with Gasteiger partial charge in [-0.05, 0) is 0 Å². The summed E-state index contributed by atoms with van der Waals surface area (Å²) in [5.74, 6) is 0. The fourth-order valence-electron chi connectivity index (χ4n) is 2.27. The Kier molecular flexibility index (Phi) is 4.66. The van der Waals surface area contributed by atoms with Gasteiger partial charge in [0.25, 0.3) is 0 Å². The molecule has 0 saturated heterocycles. The van der Waals surface area contributed by atoms with Gasteiger partial charge in [0.2, 0.25) is 0 Å². The van der Waals surface area contributed by atoms with E-state index in [1.165, 1.54) is 8.87 Å². The Hall–Kier alpha value is 1.09. The molecule has 0 atom stereocenters. The molecule has 0 amide bonds. The molecule has 0 aromatic carbocycles. The third-order valence-electron chi connectivity index (χ3n) is 1.80. The molecule has 0 fully saturated rings. The second-order valence-electron chi connectivity index (χ2n) is 6.89. The minimum absolute atomic E-state index is 0.415. The summed E-state index contributed by atoms with van der Waals surface area (Å²) in [6.07, 6.45) is 0. The number of hydrogen-bond donors (Lipinski definition) is 0. The van der Waals surface area contributed by atoms with Crippen LogP contribution in [0.2, 0.25) is 13.8 Å². The molecule has 0 saturated carbocycles. The predicted molar refractivity (Wildman–Crippen MR) is 66.0 cm³/mol. The van der Waals surface area contributed by atoms with Crippen molar-refractivity contribution in [3.63, 3.8) is 0 Å². The van der Waals surface area contributed by atoms with Crippen LogP contribution < -0.4 is 0 Å². The van der Waals surface area contributed by atoms with Crippen molar-refractivity contribution in [1.29, 1.82) is 0 Å². The Morgan fingerprint density at radius 3 is 1.23 bits per heavy atom. The van der Waals surface area contributed by atoms with Crippen molar-refractivity contribution in [3.8, 4) is 0 Å². The zero-order chi connectivity index (χ0) is 10.9. The van der Waals surface area contributed by atoms with Crippen LogP contribution in [0.5, 0.6) is 0 Å². The summed E-state index contributed by atoms with van der Waals surface area (Å²) in [5, 5.41) is 0. The van der Waals surface area contributed by atoms with Crippen molar-refractivity contribution in [2.24, 2.45) is 10.8 Å². The molecule has 13 heavy (non-hydrogen) atoms. The molecule has 0 N–H and O–H groups in total. The van der Waals surface area contributed by atoms with Crippen LogP contribution in [0.1, 0.15) is 41.5 Å². The number of halogens is 1. The van der Waals surface area contributed by atoms with Crippen LogP contribution in [0.3, 0.4) is 0 Å². The van der Waals surface area contributed by atoms with E-state index in [1.807, 2.05) is 0 Å². The van der Waals surface area contributed by atoms with E-state index in [0.29, 0.717) is 10.8 Å². The summed E-state index contributed by atoms with van der Waals surface area (Å²) < 4.78 is 2.56. The van der Waals surface area contributed by atoms with Gasteiger partial charge in [0, 0.05) is 0 Å². The normalized spacial score (nSPS) is 14.8. The average Bonchev–Trinajstić information content (AvgIpc) is 1.43. The van der Waals surface area contributed by atoms with E-state index in [4.69, 9.17) is 8.92 Å². The second-order valence-corrected chi connectivity index (χ2v) is 23.1. The van der Waals surface area contributed by atoms with E-state index in [2.05, 4.69) is 46.5 Å². The van der Waals surface area contributed by atoms with Gasteiger partial charge in [-0.1, -0.05) is 0 Å². The van der Waals surface area contributed by atoms with Crippen LogP contribution in [0.25, 0.3) is 0 Å². The van der Waals surface area contributed by atoms with Crippen molar-refractivity contribution in [1.82, 2.24) is 0 Å². The van der Waals surface area contributed by atoms with Crippen LogP contribution in [0.15, 0.2) is 0 Å². The topological polar surface area (TPSA) is 0 Å². The van der Waals surface area contributed by atoms with Crippen molar-refractivity contribution in [2.45, 2.75) is 55.4 Å². The molecule has 0 aromatic rings.